The minimum absolute atomic E-state index is 0.957. The normalized spacial score (nSPS) is 10.9. The second-order valence-corrected chi connectivity index (χ2v) is 4.14. The molecule has 0 amide bonds. The number of hydrogen-bond acceptors (Lipinski definition) is 3. The summed E-state index contributed by atoms with van der Waals surface area (Å²) in [6.07, 6.45) is 1.82. The van der Waals surface area contributed by atoms with Gasteiger partial charge in [-0.1, -0.05) is 6.07 Å². The van der Waals surface area contributed by atoms with Crippen LogP contribution < -0.4 is 5.32 Å². The van der Waals surface area contributed by atoms with Gasteiger partial charge in [0.05, 0.1) is 5.52 Å². The summed E-state index contributed by atoms with van der Waals surface area (Å²) in [5, 5.41) is 4.58. The Hall–Kier alpha value is -1.61. The van der Waals surface area contributed by atoms with Crippen LogP contribution in [0.4, 0.5) is 5.69 Å². The maximum absolute atomic E-state index is 4.29. The molecule has 0 radical (unpaired) electrons. The van der Waals surface area contributed by atoms with E-state index in [-0.39, 0.29) is 0 Å². The van der Waals surface area contributed by atoms with Gasteiger partial charge in [-0.3, -0.25) is 4.98 Å². The molecule has 2 aromatic rings. The van der Waals surface area contributed by atoms with Gasteiger partial charge in [-0.25, -0.2) is 0 Å². The van der Waals surface area contributed by atoms with Gasteiger partial charge in [0, 0.05) is 30.4 Å². The lowest BCUT2D eigenvalue weighted by Crippen LogP contribution is -2.20. The molecule has 0 spiro atoms. The molecule has 0 bridgehead atoms. The van der Waals surface area contributed by atoms with Gasteiger partial charge in [-0.2, -0.15) is 0 Å². The van der Waals surface area contributed by atoms with E-state index in [1.165, 1.54) is 5.39 Å². The highest BCUT2D eigenvalue weighted by atomic mass is 15.1. The summed E-state index contributed by atoms with van der Waals surface area (Å²) in [6, 6.07) is 10.3. The zero-order valence-corrected chi connectivity index (χ0v) is 9.77. The van der Waals surface area contributed by atoms with E-state index in [1.807, 2.05) is 18.3 Å². The fourth-order valence-electron chi connectivity index (χ4n) is 1.61. The Labute approximate surface area is 96.1 Å². The van der Waals surface area contributed by atoms with Crippen molar-refractivity contribution in [1.29, 1.82) is 0 Å². The van der Waals surface area contributed by atoms with E-state index in [4.69, 9.17) is 0 Å². The van der Waals surface area contributed by atoms with E-state index in [0.29, 0.717) is 0 Å². The van der Waals surface area contributed by atoms with E-state index in [2.05, 4.69) is 47.5 Å². The summed E-state index contributed by atoms with van der Waals surface area (Å²) < 4.78 is 0. The van der Waals surface area contributed by atoms with Crippen molar-refractivity contribution in [2.45, 2.75) is 0 Å². The van der Waals surface area contributed by atoms with E-state index in [9.17, 15) is 0 Å². The van der Waals surface area contributed by atoms with Crippen molar-refractivity contribution in [3.05, 3.63) is 36.5 Å². The van der Waals surface area contributed by atoms with Crippen LogP contribution in [0.3, 0.4) is 0 Å². The molecule has 1 aromatic carbocycles. The number of rotatable bonds is 4. The average molecular weight is 215 g/mol. The van der Waals surface area contributed by atoms with Crippen molar-refractivity contribution in [2.24, 2.45) is 0 Å². The van der Waals surface area contributed by atoms with Crippen LogP contribution in [0, 0.1) is 0 Å². The quantitative estimate of drug-likeness (QED) is 0.847. The molecule has 0 aliphatic carbocycles. The number of nitrogens with zero attached hydrogens (tertiary/aromatic N) is 2. The molecule has 1 heterocycles. The summed E-state index contributed by atoms with van der Waals surface area (Å²) in [4.78, 5) is 6.46. The van der Waals surface area contributed by atoms with Crippen LogP contribution in [0.5, 0.6) is 0 Å². The zero-order chi connectivity index (χ0) is 11.4. The van der Waals surface area contributed by atoms with E-state index >= 15 is 0 Å². The topological polar surface area (TPSA) is 28.2 Å². The van der Waals surface area contributed by atoms with Crippen LogP contribution in [0.15, 0.2) is 36.5 Å². The zero-order valence-electron chi connectivity index (χ0n) is 9.77. The first kappa shape index (κ1) is 10.9. The molecular weight excluding hydrogens is 198 g/mol. The highest BCUT2D eigenvalue weighted by Crippen LogP contribution is 2.16. The average Bonchev–Trinajstić information content (AvgIpc) is 2.28. The second-order valence-electron chi connectivity index (χ2n) is 4.14. The molecular formula is C13H17N3. The molecule has 0 fully saturated rings. The third-order valence-electron chi connectivity index (χ3n) is 2.49. The van der Waals surface area contributed by atoms with Gasteiger partial charge >= 0.3 is 0 Å². The maximum atomic E-state index is 4.29. The maximum Gasteiger partial charge on any atom is 0.0703 e. The number of fused-ring (bicyclic) bond motifs is 1. The van der Waals surface area contributed by atoms with Crippen LogP contribution in [-0.2, 0) is 0 Å². The number of pyridine rings is 1. The van der Waals surface area contributed by atoms with Gasteiger partial charge in [-0.05, 0) is 38.4 Å². The molecule has 2 rings (SSSR count). The molecule has 0 saturated carbocycles. The molecule has 16 heavy (non-hydrogen) atoms. The molecule has 3 heteroatoms. The third kappa shape index (κ3) is 2.70. The number of aromatic nitrogens is 1. The Balaban J connectivity index is 2.08. The van der Waals surface area contributed by atoms with Crippen molar-refractivity contribution in [3.63, 3.8) is 0 Å². The van der Waals surface area contributed by atoms with Crippen LogP contribution in [0.25, 0.3) is 10.9 Å². The fraction of sp³-hybridized carbons (Fsp3) is 0.308. The number of benzene rings is 1. The Bertz CT molecular complexity index is 465. The van der Waals surface area contributed by atoms with Gasteiger partial charge < -0.3 is 10.2 Å². The van der Waals surface area contributed by atoms with Crippen LogP contribution in [0.2, 0.25) is 0 Å². The first-order valence-electron chi connectivity index (χ1n) is 5.49. The highest BCUT2D eigenvalue weighted by molar-refractivity contribution is 5.82. The molecule has 84 valence electrons. The first-order chi connectivity index (χ1) is 7.75. The monoisotopic (exact) mass is 215 g/mol. The van der Waals surface area contributed by atoms with Crippen molar-refractivity contribution >= 4 is 16.6 Å². The Morgan fingerprint density at radius 3 is 2.94 bits per heavy atom. The van der Waals surface area contributed by atoms with Gasteiger partial charge in [0.15, 0.2) is 0 Å². The smallest absolute Gasteiger partial charge is 0.0703 e. The molecule has 1 aromatic heterocycles. The SMILES string of the molecule is CN(C)CCNc1ccc2ncccc2c1. The molecule has 0 atom stereocenters. The Morgan fingerprint density at radius 1 is 1.25 bits per heavy atom. The summed E-state index contributed by atoms with van der Waals surface area (Å²) >= 11 is 0. The lowest BCUT2D eigenvalue weighted by molar-refractivity contribution is 0.425. The van der Waals surface area contributed by atoms with Crippen molar-refractivity contribution < 1.29 is 0 Å². The minimum atomic E-state index is 0.957. The second kappa shape index (κ2) is 4.94. The first-order valence-corrected chi connectivity index (χ1v) is 5.49. The predicted molar refractivity (Wildman–Crippen MR) is 68.8 cm³/mol. The summed E-state index contributed by atoms with van der Waals surface area (Å²) in [7, 11) is 4.15. The molecule has 0 unspecified atom stereocenters. The van der Waals surface area contributed by atoms with Crippen LogP contribution in [0.1, 0.15) is 0 Å². The summed E-state index contributed by atoms with van der Waals surface area (Å²) in [5.41, 5.74) is 2.20. The summed E-state index contributed by atoms with van der Waals surface area (Å²) in [6.45, 7) is 1.99. The predicted octanol–water partition coefficient (Wildman–Crippen LogP) is 2.21. The summed E-state index contributed by atoms with van der Waals surface area (Å²) in [5.74, 6) is 0. The molecule has 3 nitrogen and oxygen atoms in total. The fourth-order valence-corrected chi connectivity index (χ4v) is 1.61. The third-order valence-corrected chi connectivity index (χ3v) is 2.49. The molecule has 0 aliphatic heterocycles. The molecule has 1 N–H and O–H groups in total. The molecule has 0 saturated heterocycles. The number of hydrogen-bond donors (Lipinski definition) is 1. The van der Waals surface area contributed by atoms with E-state index in [0.717, 1.165) is 24.3 Å². The van der Waals surface area contributed by atoms with Gasteiger partial charge in [0.1, 0.15) is 0 Å². The van der Waals surface area contributed by atoms with Crippen molar-refractivity contribution in [1.82, 2.24) is 9.88 Å². The van der Waals surface area contributed by atoms with Gasteiger partial charge in [-0.15, -0.1) is 0 Å². The minimum Gasteiger partial charge on any atom is -0.384 e. The number of anilines is 1. The Morgan fingerprint density at radius 2 is 2.12 bits per heavy atom. The highest BCUT2D eigenvalue weighted by Gasteiger charge is 1.96. The van der Waals surface area contributed by atoms with Gasteiger partial charge in [0.2, 0.25) is 0 Å². The Kier molecular flexibility index (Phi) is 3.37. The largest absolute Gasteiger partial charge is 0.384 e. The van der Waals surface area contributed by atoms with Crippen LogP contribution >= 0.6 is 0 Å². The van der Waals surface area contributed by atoms with Crippen molar-refractivity contribution in [3.8, 4) is 0 Å². The molecule has 0 aliphatic rings. The van der Waals surface area contributed by atoms with E-state index < -0.39 is 0 Å². The van der Waals surface area contributed by atoms with E-state index in [1.54, 1.807) is 0 Å². The number of nitrogens with one attached hydrogen (secondary N) is 1. The number of likely N-dealkylation sites (N-methyl/N-ethyl adjacent to an activating group) is 1. The lowest BCUT2D eigenvalue weighted by Gasteiger charge is -2.11. The standard InChI is InChI=1S/C13H17N3/c1-16(2)9-8-14-12-5-6-13-11(10-12)4-3-7-15-13/h3-7,10,14H,8-9H2,1-2H3. The van der Waals surface area contributed by atoms with Crippen molar-refractivity contribution in [2.75, 3.05) is 32.5 Å². The van der Waals surface area contributed by atoms with Crippen LogP contribution in [-0.4, -0.2) is 37.1 Å². The van der Waals surface area contributed by atoms with Gasteiger partial charge in [0.25, 0.3) is 0 Å². The lowest BCUT2D eigenvalue weighted by atomic mass is 10.2.